The molecule has 2 N–H and O–H groups in total. The van der Waals surface area contributed by atoms with Crippen LogP contribution in [0.1, 0.15) is 22.8 Å². The number of anilines is 2. The minimum absolute atomic E-state index is 0.111. The highest BCUT2D eigenvalue weighted by molar-refractivity contribution is 8.02. The van der Waals surface area contributed by atoms with E-state index in [-0.39, 0.29) is 17.1 Å². The van der Waals surface area contributed by atoms with Crippen LogP contribution < -0.4 is 10.6 Å². The van der Waals surface area contributed by atoms with Crippen molar-refractivity contribution in [3.8, 4) is 0 Å². The molecule has 1 atom stereocenters. The van der Waals surface area contributed by atoms with Crippen LogP contribution in [0.5, 0.6) is 0 Å². The van der Waals surface area contributed by atoms with Gasteiger partial charge in [-0.05, 0) is 43.7 Å². The molecule has 2 aromatic carbocycles. The summed E-state index contributed by atoms with van der Waals surface area (Å²) in [5.74, 6) is -0.251. The largest absolute Gasteiger partial charge is 0.322 e. The summed E-state index contributed by atoms with van der Waals surface area (Å²) < 4.78 is 1.75. The monoisotopic (exact) mass is 454 g/mol. The number of nitrogens with zero attached hydrogens (tertiary/aromatic N) is 2. The summed E-state index contributed by atoms with van der Waals surface area (Å²) in [5.41, 5.74) is 3.13. The zero-order valence-electron chi connectivity index (χ0n) is 16.2. The Morgan fingerprint density at radius 1 is 1.13 bits per heavy atom. The third-order valence-corrected chi connectivity index (χ3v) is 7.23. The lowest BCUT2D eigenvalue weighted by atomic mass is 10.1. The van der Waals surface area contributed by atoms with Crippen molar-refractivity contribution in [1.29, 1.82) is 0 Å². The zero-order valence-corrected chi connectivity index (χ0v) is 18.7. The lowest BCUT2D eigenvalue weighted by Gasteiger charge is -2.07. The number of amides is 2. The van der Waals surface area contributed by atoms with Crippen molar-refractivity contribution in [2.45, 2.75) is 23.4 Å². The summed E-state index contributed by atoms with van der Waals surface area (Å²) in [6, 6.07) is 13.1. The Morgan fingerprint density at radius 3 is 2.73 bits per heavy atom. The predicted octanol–water partition coefficient (Wildman–Crippen LogP) is 5.43. The molecular weight excluding hydrogens is 436 g/mol. The summed E-state index contributed by atoms with van der Waals surface area (Å²) in [6.45, 7) is 3.75. The summed E-state index contributed by atoms with van der Waals surface area (Å²) in [5, 5.41) is 7.85. The summed E-state index contributed by atoms with van der Waals surface area (Å²) >= 11 is 4.29. The Kier molecular flexibility index (Phi) is 6.12. The van der Waals surface area contributed by atoms with Gasteiger partial charge in [0.25, 0.3) is 5.91 Å². The minimum atomic E-state index is -0.310. The van der Waals surface area contributed by atoms with Crippen LogP contribution in [0.4, 0.5) is 10.8 Å². The van der Waals surface area contributed by atoms with Gasteiger partial charge in [-0.3, -0.25) is 9.59 Å². The number of carbonyl (C=O) groups is 2. The molecule has 0 aliphatic rings. The van der Waals surface area contributed by atoms with E-state index in [0.29, 0.717) is 16.4 Å². The molecule has 2 aromatic heterocycles. The van der Waals surface area contributed by atoms with E-state index in [0.717, 1.165) is 20.1 Å². The number of nitrogens with one attached hydrogen (secondary N) is 2. The van der Waals surface area contributed by atoms with Crippen LogP contribution in [-0.4, -0.2) is 27.0 Å². The first-order valence-electron chi connectivity index (χ1n) is 9.14. The Balaban J connectivity index is 1.45. The van der Waals surface area contributed by atoms with E-state index in [2.05, 4.69) is 20.6 Å². The van der Waals surface area contributed by atoms with Gasteiger partial charge < -0.3 is 10.6 Å². The molecule has 4 rings (SSSR count). The normalized spacial score (nSPS) is 11.9. The topological polar surface area (TPSA) is 84.0 Å². The van der Waals surface area contributed by atoms with Gasteiger partial charge in [0.2, 0.25) is 5.91 Å². The van der Waals surface area contributed by atoms with E-state index in [1.807, 2.05) is 61.7 Å². The Labute approximate surface area is 185 Å². The molecule has 9 heteroatoms. The van der Waals surface area contributed by atoms with Crippen molar-refractivity contribution in [2.24, 2.45) is 0 Å². The molecule has 0 unspecified atom stereocenters. The average Bonchev–Trinajstić information content (AvgIpc) is 3.37. The molecule has 6 nitrogen and oxygen atoms in total. The number of rotatable bonds is 6. The minimum Gasteiger partial charge on any atom is -0.322 e. The molecule has 0 spiro atoms. The molecule has 152 valence electrons. The number of carbonyl (C=O) groups excluding carboxylic acids is 2. The summed E-state index contributed by atoms with van der Waals surface area (Å²) in [4.78, 5) is 33.6. The average molecular weight is 455 g/mol. The number of hydrogen-bond acceptors (Lipinski definition) is 7. The second-order valence-corrected chi connectivity index (χ2v) is 10.0. The third kappa shape index (κ3) is 4.69. The smallest absolute Gasteiger partial charge is 0.255 e. The van der Waals surface area contributed by atoms with Crippen LogP contribution in [0, 0.1) is 6.92 Å². The number of aryl methyl sites for hydroxylation is 1. The Morgan fingerprint density at radius 2 is 1.97 bits per heavy atom. The van der Waals surface area contributed by atoms with E-state index in [1.165, 1.54) is 34.4 Å². The number of aromatic nitrogens is 2. The standard InChI is InChI=1S/C21H18N4O2S3/c1-12-5-3-4-6-15(12)19(27)23-14-7-8-16-17(11-14)30-21(24-16)29-13(2)18(26)25-20-22-9-10-28-20/h3-11,13H,1-2H3,(H,23,27)(H,22,25,26)/t13-/m0/s1. The van der Waals surface area contributed by atoms with Gasteiger partial charge in [0, 0.05) is 22.8 Å². The van der Waals surface area contributed by atoms with Crippen molar-refractivity contribution in [1.82, 2.24) is 9.97 Å². The van der Waals surface area contributed by atoms with Crippen molar-refractivity contribution < 1.29 is 9.59 Å². The van der Waals surface area contributed by atoms with Crippen LogP contribution in [-0.2, 0) is 4.79 Å². The lowest BCUT2D eigenvalue weighted by molar-refractivity contribution is -0.115. The summed E-state index contributed by atoms with van der Waals surface area (Å²) in [6.07, 6.45) is 1.65. The second kappa shape index (κ2) is 8.95. The molecule has 0 aliphatic heterocycles. The van der Waals surface area contributed by atoms with E-state index in [9.17, 15) is 9.59 Å². The van der Waals surface area contributed by atoms with Gasteiger partial charge in [-0.25, -0.2) is 9.97 Å². The maximum absolute atomic E-state index is 12.6. The van der Waals surface area contributed by atoms with Crippen molar-refractivity contribution in [2.75, 3.05) is 10.6 Å². The molecule has 2 heterocycles. The SMILES string of the molecule is Cc1ccccc1C(=O)Nc1ccc2nc(S[C@@H](C)C(=O)Nc3nccs3)sc2c1. The number of hydrogen-bond donors (Lipinski definition) is 2. The first-order chi connectivity index (χ1) is 14.5. The fourth-order valence-electron chi connectivity index (χ4n) is 2.75. The number of benzene rings is 2. The maximum Gasteiger partial charge on any atom is 0.255 e. The predicted molar refractivity (Wildman–Crippen MR) is 125 cm³/mol. The molecule has 4 aromatic rings. The van der Waals surface area contributed by atoms with Gasteiger partial charge in [-0.15, -0.1) is 22.7 Å². The van der Waals surface area contributed by atoms with E-state index in [1.54, 1.807) is 6.20 Å². The Bertz CT molecular complexity index is 1200. The van der Waals surface area contributed by atoms with Gasteiger partial charge >= 0.3 is 0 Å². The molecular formula is C21H18N4O2S3. The van der Waals surface area contributed by atoms with Crippen molar-refractivity contribution in [3.63, 3.8) is 0 Å². The number of thioether (sulfide) groups is 1. The van der Waals surface area contributed by atoms with Gasteiger partial charge in [-0.1, -0.05) is 30.0 Å². The number of fused-ring (bicyclic) bond motifs is 1. The zero-order chi connectivity index (χ0) is 21.1. The maximum atomic E-state index is 12.6. The molecule has 2 amide bonds. The van der Waals surface area contributed by atoms with Crippen LogP contribution in [0.25, 0.3) is 10.2 Å². The summed E-state index contributed by atoms with van der Waals surface area (Å²) in [7, 11) is 0. The van der Waals surface area contributed by atoms with Crippen molar-refractivity contribution >= 4 is 67.3 Å². The fourth-order valence-corrected chi connectivity index (χ4v) is 5.54. The molecule has 0 radical (unpaired) electrons. The molecule has 0 aliphatic carbocycles. The van der Waals surface area contributed by atoms with Crippen LogP contribution in [0.2, 0.25) is 0 Å². The first-order valence-corrected chi connectivity index (χ1v) is 11.7. The van der Waals surface area contributed by atoms with Gasteiger partial charge in [0.05, 0.1) is 15.5 Å². The molecule has 0 saturated carbocycles. The fraction of sp³-hybridized carbons (Fsp3) is 0.143. The molecule has 0 fully saturated rings. The van der Waals surface area contributed by atoms with E-state index in [4.69, 9.17) is 0 Å². The van der Waals surface area contributed by atoms with Crippen LogP contribution in [0.15, 0.2) is 58.4 Å². The molecule has 0 bridgehead atoms. The van der Waals surface area contributed by atoms with Crippen LogP contribution in [0.3, 0.4) is 0 Å². The van der Waals surface area contributed by atoms with Gasteiger partial charge in [0.15, 0.2) is 9.47 Å². The highest BCUT2D eigenvalue weighted by Gasteiger charge is 2.18. The first kappa shape index (κ1) is 20.5. The van der Waals surface area contributed by atoms with Crippen LogP contribution >= 0.6 is 34.4 Å². The van der Waals surface area contributed by atoms with Crippen molar-refractivity contribution in [3.05, 3.63) is 65.2 Å². The van der Waals surface area contributed by atoms with Gasteiger partial charge in [0.1, 0.15) is 0 Å². The third-order valence-electron chi connectivity index (χ3n) is 4.33. The second-order valence-electron chi connectivity index (χ2n) is 6.52. The number of thiazole rings is 2. The van der Waals surface area contributed by atoms with E-state index >= 15 is 0 Å². The lowest BCUT2D eigenvalue weighted by Crippen LogP contribution is -2.22. The van der Waals surface area contributed by atoms with E-state index < -0.39 is 0 Å². The molecule has 0 saturated heterocycles. The highest BCUT2D eigenvalue weighted by Crippen LogP contribution is 2.34. The van der Waals surface area contributed by atoms with Gasteiger partial charge in [-0.2, -0.15) is 0 Å². The quantitative estimate of drug-likeness (QED) is 0.379. The highest BCUT2D eigenvalue weighted by atomic mass is 32.2. The Hall–Kier alpha value is -2.75. The molecule has 30 heavy (non-hydrogen) atoms.